The van der Waals surface area contributed by atoms with Gasteiger partial charge in [0.05, 0.1) is 6.42 Å². The molecule has 0 unspecified atom stereocenters. The molecule has 1 aromatic carbocycles. The Kier molecular flexibility index (Phi) is 5.56. The van der Waals surface area contributed by atoms with Gasteiger partial charge in [0.1, 0.15) is 0 Å². The minimum atomic E-state index is -0.727. The second kappa shape index (κ2) is 7.41. The molecule has 1 aliphatic heterocycles. The Morgan fingerprint density at radius 1 is 1.40 bits per heavy atom. The van der Waals surface area contributed by atoms with E-state index in [-0.39, 0.29) is 6.42 Å². The van der Waals surface area contributed by atoms with E-state index in [4.69, 9.17) is 5.11 Å². The summed E-state index contributed by atoms with van der Waals surface area (Å²) in [6, 6.07) is 9.15. The molecular formula is C16H24N2O2. The molecule has 0 bridgehead atoms. The van der Waals surface area contributed by atoms with E-state index < -0.39 is 5.97 Å². The lowest BCUT2D eigenvalue weighted by molar-refractivity contribution is -0.136. The smallest absolute Gasteiger partial charge is 0.304 e. The number of aliphatic carboxylic acids is 1. The molecule has 0 atom stereocenters. The molecule has 4 heteroatoms. The average molecular weight is 276 g/mol. The fourth-order valence-corrected chi connectivity index (χ4v) is 2.75. The zero-order chi connectivity index (χ0) is 14.4. The van der Waals surface area contributed by atoms with Crippen LogP contribution in [0.1, 0.15) is 30.4 Å². The van der Waals surface area contributed by atoms with Gasteiger partial charge in [0.2, 0.25) is 0 Å². The number of aryl methyl sites for hydroxylation is 1. The van der Waals surface area contributed by atoms with Gasteiger partial charge in [-0.25, -0.2) is 0 Å². The summed E-state index contributed by atoms with van der Waals surface area (Å²) < 4.78 is 0. The van der Waals surface area contributed by atoms with E-state index in [1.807, 2.05) is 0 Å². The Morgan fingerprint density at radius 3 is 2.80 bits per heavy atom. The van der Waals surface area contributed by atoms with Crippen molar-refractivity contribution < 1.29 is 9.90 Å². The highest BCUT2D eigenvalue weighted by molar-refractivity contribution is 5.66. The van der Waals surface area contributed by atoms with Gasteiger partial charge in [-0.05, 0) is 38.4 Å². The molecule has 110 valence electrons. The first-order valence-electron chi connectivity index (χ1n) is 7.36. The van der Waals surface area contributed by atoms with Gasteiger partial charge in [-0.1, -0.05) is 29.8 Å². The molecule has 1 saturated heterocycles. The Hall–Kier alpha value is -1.39. The lowest BCUT2D eigenvalue weighted by atomic mass is 10.0. The van der Waals surface area contributed by atoms with E-state index in [0.29, 0.717) is 12.6 Å². The predicted octanol–water partition coefficient (Wildman–Crippen LogP) is 2.02. The molecule has 1 fully saturated rings. The van der Waals surface area contributed by atoms with E-state index in [2.05, 4.69) is 41.4 Å². The number of carboxylic acid groups (broad SMARTS) is 1. The molecule has 0 radical (unpaired) electrons. The third-order valence-corrected chi connectivity index (χ3v) is 3.85. The zero-order valence-electron chi connectivity index (χ0n) is 12.1. The van der Waals surface area contributed by atoms with Gasteiger partial charge in [0, 0.05) is 19.1 Å². The first-order valence-corrected chi connectivity index (χ1v) is 7.36. The van der Waals surface area contributed by atoms with Crippen molar-refractivity contribution in [1.29, 1.82) is 0 Å². The normalized spacial score (nSPS) is 17.2. The summed E-state index contributed by atoms with van der Waals surface area (Å²) in [5.41, 5.74) is 2.69. The zero-order valence-corrected chi connectivity index (χ0v) is 12.1. The van der Waals surface area contributed by atoms with Gasteiger partial charge in [0.25, 0.3) is 0 Å². The van der Waals surface area contributed by atoms with Crippen LogP contribution in [0.2, 0.25) is 0 Å². The van der Waals surface area contributed by atoms with Crippen molar-refractivity contribution in [2.45, 2.75) is 38.8 Å². The van der Waals surface area contributed by atoms with Crippen molar-refractivity contribution in [2.75, 3.05) is 19.6 Å². The first-order chi connectivity index (χ1) is 9.63. The number of hydrogen-bond acceptors (Lipinski definition) is 3. The van der Waals surface area contributed by atoms with Crippen LogP contribution in [-0.2, 0) is 11.3 Å². The Balaban J connectivity index is 1.70. The average Bonchev–Trinajstić information content (AvgIpc) is 2.40. The van der Waals surface area contributed by atoms with Gasteiger partial charge < -0.3 is 10.4 Å². The predicted molar refractivity (Wildman–Crippen MR) is 79.7 cm³/mol. The number of benzene rings is 1. The molecule has 2 rings (SSSR count). The number of nitrogens with one attached hydrogen (secondary N) is 1. The molecule has 0 amide bonds. The Morgan fingerprint density at radius 2 is 2.15 bits per heavy atom. The quantitative estimate of drug-likeness (QED) is 0.834. The van der Waals surface area contributed by atoms with Crippen LogP contribution in [0.25, 0.3) is 0 Å². The monoisotopic (exact) mass is 276 g/mol. The van der Waals surface area contributed by atoms with Crippen molar-refractivity contribution in [3.8, 4) is 0 Å². The third-order valence-electron chi connectivity index (χ3n) is 3.85. The second-order valence-electron chi connectivity index (χ2n) is 5.64. The van der Waals surface area contributed by atoms with Crippen LogP contribution < -0.4 is 5.32 Å². The van der Waals surface area contributed by atoms with Crippen LogP contribution in [0.4, 0.5) is 0 Å². The number of hydrogen-bond donors (Lipinski definition) is 2. The van der Waals surface area contributed by atoms with Crippen molar-refractivity contribution in [1.82, 2.24) is 10.2 Å². The second-order valence-corrected chi connectivity index (χ2v) is 5.64. The van der Waals surface area contributed by atoms with E-state index in [1.54, 1.807) is 0 Å². The highest BCUT2D eigenvalue weighted by Gasteiger charge is 2.18. The summed E-state index contributed by atoms with van der Waals surface area (Å²) in [7, 11) is 0. The van der Waals surface area contributed by atoms with Crippen LogP contribution in [0.3, 0.4) is 0 Å². The summed E-state index contributed by atoms with van der Waals surface area (Å²) in [4.78, 5) is 13.0. The summed E-state index contributed by atoms with van der Waals surface area (Å²) in [5.74, 6) is -0.727. The minimum absolute atomic E-state index is 0.212. The van der Waals surface area contributed by atoms with Gasteiger partial charge >= 0.3 is 5.97 Å². The topological polar surface area (TPSA) is 52.6 Å². The third kappa shape index (κ3) is 4.94. The maximum atomic E-state index is 10.5. The highest BCUT2D eigenvalue weighted by Crippen LogP contribution is 2.14. The Labute approximate surface area is 120 Å². The fourth-order valence-electron chi connectivity index (χ4n) is 2.75. The maximum absolute atomic E-state index is 10.5. The number of likely N-dealkylation sites (tertiary alicyclic amines) is 1. The molecule has 0 aliphatic carbocycles. The molecule has 4 nitrogen and oxygen atoms in total. The standard InChI is InChI=1S/C16H24N2O2/c1-13-3-2-4-14(11-13)12-18-9-6-15(7-10-18)17-8-5-16(19)20/h2-4,11,15,17H,5-10,12H2,1H3,(H,19,20). The Bertz CT molecular complexity index is 440. The maximum Gasteiger partial charge on any atom is 0.304 e. The largest absolute Gasteiger partial charge is 0.481 e. The number of nitrogens with zero attached hydrogens (tertiary/aromatic N) is 1. The van der Waals surface area contributed by atoms with Gasteiger partial charge in [-0.15, -0.1) is 0 Å². The van der Waals surface area contributed by atoms with Crippen molar-refractivity contribution in [3.05, 3.63) is 35.4 Å². The van der Waals surface area contributed by atoms with Crippen LogP contribution in [0.15, 0.2) is 24.3 Å². The summed E-state index contributed by atoms with van der Waals surface area (Å²) in [6.07, 6.45) is 2.42. The lowest BCUT2D eigenvalue weighted by Gasteiger charge is -2.32. The van der Waals surface area contributed by atoms with Crippen LogP contribution >= 0.6 is 0 Å². The van der Waals surface area contributed by atoms with E-state index in [0.717, 1.165) is 32.5 Å². The first kappa shape index (κ1) is 15.0. The molecule has 1 heterocycles. The summed E-state index contributed by atoms with van der Waals surface area (Å²) >= 11 is 0. The summed E-state index contributed by atoms with van der Waals surface area (Å²) in [6.45, 7) is 5.89. The van der Waals surface area contributed by atoms with Gasteiger partial charge in [-0.3, -0.25) is 9.69 Å². The fraction of sp³-hybridized carbons (Fsp3) is 0.562. The van der Waals surface area contributed by atoms with Crippen LogP contribution in [0.5, 0.6) is 0 Å². The van der Waals surface area contributed by atoms with Crippen molar-refractivity contribution in [3.63, 3.8) is 0 Å². The molecule has 0 spiro atoms. The number of rotatable bonds is 6. The molecule has 0 aromatic heterocycles. The molecule has 1 aliphatic rings. The number of carboxylic acids is 1. The number of carbonyl (C=O) groups is 1. The minimum Gasteiger partial charge on any atom is -0.481 e. The SMILES string of the molecule is Cc1cccc(CN2CCC(NCCC(=O)O)CC2)c1. The lowest BCUT2D eigenvalue weighted by Crippen LogP contribution is -2.42. The van der Waals surface area contributed by atoms with Crippen LogP contribution in [0, 0.1) is 6.92 Å². The molecule has 1 aromatic rings. The van der Waals surface area contributed by atoms with Gasteiger partial charge in [0.15, 0.2) is 0 Å². The van der Waals surface area contributed by atoms with E-state index in [1.165, 1.54) is 11.1 Å². The summed E-state index contributed by atoms with van der Waals surface area (Å²) in [5, 5.41) is 12.0. The highest BCUT2D eigenvalue weighted by atomic mass is 16.4. The molecule has 2 N–H and O–H groups in total. The van der Waals surface area contributed by atoms with Crippen LogP contribution in [-0.4, -0.2) is 41.7 Å². The van der Waals surface area contributed by atoms with Crippen molar-refractivity contribution >= 4 is 5.97 Å². The number of piperidine rings is 1. The van der Waals surface area contributed by atoms with E-state index in [9.17, 15) is 4.79 Å². The van der Waals surface area contributed by atoms with E-state index >= 15 is 0 Å². The molecular weight excluding hydrogens is 252 g/mol. The molecule has 0 saturated carbocycles. The van der Waals surface area contributed by atoms with Crippen molar-refractivity contribution in [2.24, 2.45) is 0 Å². The molecule has 20 heavy (non-hydrogen) atoms. The van der Waals surface area contributed by atoms with Gasteiger partial charge in [-0.2, -0.15) is 0 Å².